The Labute approximate surface area is 141 Å². The predicted octanol–water partition coefficient (Wildman–Crippen LogP) is 2.24. The van der Waals surface area contributed by atoms with E-state index in [2.05, 4.69) is 23.9 Å². The van der Waals surface area contributed by atoms with Crippen LogP contribution in [0.25, 0.3) is 16.9 Å². The molecule has 0 aliphatic carbocycles. The number of imidazole rings is 1. The molecule has 3 aromatic rings. The zero-order valence-corrected chi connectivity index (χ0v) is 14.3. The van der Waals surface area contributed by atoms with E-state index in [0.717, 1.165) is 29.0 Å². The standard InChI is InChI=1S/C18H23N5O/c1-12(2)8-15(19)11-22-7-6-14(9-18(22)24)16-4-5-17-20-10-13(3)23(17)21-16/h4-7,9-10,12,15H,8,11,19H2,1-3H3/t15-/m0/s1. The summed E-state index contributed by atoms with van der Waals surface area (Å²) in [4.78, 5) is 16.6. The SMILES string of the molecule is Cc1cnc2ccc(-c3ccn(C[C@@H](N)CC(C)C)c(=O)c3)nn12. The zero-order valence-electron chi connectivity index (χ0n) is 14.3. The van der Waals surface area contributed by atoms with Gasteiger partial charge in [-0.3, -0.25) is 4.79 Å². The van der Waals surface area contributed by atoms with Crippen molar-refractivity contribution in [3.8, 4) is 11.3 Å². The third-order valence-electron chi connectivity index (χ3n) is 4.03. The average Bonchev–Trinajstić information content (AvgIpc) is 2.89. The number of nitrogens with two attached hydrogens (primary N) is 1. The predicted molar refractivity (Wildman–Crippen MR) is 94.9 cm³/mol. The van der Waals surface area contributed by atoms with E-state index in [0.29, 0.717) is 12.5 Å². The first kappa shape index (κ1) is 16.4. The van der Waals surface area contributed by atoms with Crippen LogP contribution in [0.4, 0.5) is 0 Å². The summed E-state index contributed by atoms with van der Waals surface area (Å²) in [5.41, 5.74) is 9.35. The van der Waals surface area contributed by atoms with E-state index >= 15 is 0 Å². The number of nitrogens with zero attached hydrogens (tertiary/aromatic N) is 4. The molecule has 1 atom stereocenters. The monoisotopic (exact) mass is 325 g/mol. The van der Waals surface area contributed by atoms with Crippen molar-refractivity contribution < 1.29 is 0 Å². The summed E-state index contributed by atoms with van der Waals surface area (Å²) in [6, 6.07) is 7.29. The van der Waals surface area contributed by atoms with Crippen LogP contribution < -0.4 is 11.3 Å². The molecule has 3 aromatic heterocycles. The third kappa shape index (κ3) is 3.38. The summed E-state index contributed by atoms with van der Waals surface area (Å²) in [6.45, 7) is 6.74. The zero-order chi connectivity index (χ0) is 17.3. The van der Waals surface area contributed by atoms with Crippen molar-refractivity contribution in [1.82, 2.24) is 19.2 Å². The van der Waals surface area contributed by atoms with E-state index in [1.54, 1.807) is 27.5 Å². The van der Waals surface area contributed by atoms with Gasteiger partial charge in [0.15, 0.2) is 5.65 Å². The van der Waals surface area contributed by atoms with Crippen molar-refractivity contribution in [2.24, 2.45) is 11.7 Å². The molecule has 0 aliphatic heterocycles. The second kappa shape index (κ2) is 6.57. The second-order valence-electron chi connectivity index (χ2n) is 6.68. The van der Waals surface area contributed by atoms with Crippen LogP contribution in [-0.2, 0) is 6.54 Å². The number of aromatic nitrogens is 4. The van der Waals surface area contributed by atoms with Crippen LogP contribution in [0.2, 0.25) is 0 Å². The average molecular weight is 325 g/mol. The van der Waals surface area contributed by atoms with Gasteiger partial charge in [-0.25, -0.2) is 9.50 Å². The molecule has 0 amide bonds. The molecule has 0 bridgehead atoms. The highest BCUT2D eigenvalue weighted by Gasteiger charge is 2.09. The first-order valence-electron chi connectivity index (χ1n) is 8.22. The van der Waals surface area contributed by atoms with Gasteiger partial charge in [-0.15, -0.1) is 0 Å². The smallest absolute Gasteiger partial charge is 0.251 e. The van der Waals surface area contributed by atoms with Gasteiger partial charge in [0.25, 0.3) is 5.56 Å². The normalized spacial score (nSPS) is 12.9. The fourth-order valence-electron chi connectivity index (χ4n) is 2.89. The van der Waals surface area contributed by atoms with Gasteiger partial charge in [-0.05, 0) is 37.5 Å². The van der Waals surface area contributed by atoms with Gasteiger partial charge in [-0.1, -0.05) is 13.8 Å². The van der Waals surface area contributed by atoms with E-state index in [1.807, 2.05) is 25.1 Å². The Bertz CT molecular complexity index is 909. The van der Waals surface area contributed by atoms with E-state index in [4.69, 9.17) is 5.73 Å². The lowest BCUT2D eigenvalue weighted by Gasteiger charge is -2.15. The Kier molecular flexibility index (Phi) is 4.49. The van der Waals surface area contributed by atoms with Crippen molar-refractivity contribution in [3.63, 3.8) is 0 Å². The summed E-state index contributed by atoms with van der Waals surface area (Å²) in [5, 5.41) is 4.56. The van der Waals surface area contributed by atoms with Crippen LogP contribution in [0.3, 0.4) is 0 Å². The van der Waals surface area contributed by atoms with E-state index in [-0.39, 0.29) is 11.6 Å². The molecule has 0 radical (unpaired) electrons. The highest BCUT2D eigenvalue weighted by molar-refractivity contribution is 5.59. The highest BCUT2D eigenvalue weighted by atomic mass is 16.1. The maximum atomic E-state index is 12.4. The number of fused-ring (bicyclic) bond motifs is 1. The van der Waals surface area contributed by atoms with Crippen LogP contribution >= 0.6 is 0 Å². The molecule has 6 nitrogen and oxygen atoms in total. The van der Waals surface area contributed by atoms with Gasteiger partial charge in [0.2, 0.25) is 0 Å². The van der Waals surface area contributed by atoms with Gasteiger partial charge in [0, 0.05) is 30.4 Å². The Balaban J connectivity index is 1.88. The molecule has 0 aliphatic rings. The Morgan fingerprint density at radius 1 is 1.25 bits per heavy atom. The van der Waals surface area contributed by atoms with E-state index < -0.39 is 0 Å². The molecule has 24 heavy (non-hydrogen) atoms. The van der Waals surface area contributed by atoms with E-state index in [9.17, 15) is 4.79 Å². The lowest BCUT2D eigenvalue weighted by molar-refractivity contribution is 0.442. The summed E-state index contributed by atoms with van der Waals surface area (Å²) in [6.07, 6.45) is 4.47. The van der Waals surface area contributed by atoms with Crippen molar-refractivity contribution in [2.45, 2.75) is 39.8 Å². The maximum Gasteiger partial charge on any atom is 0.251 e. The number of hydrogen-bond acceptors (Lipinski definition) is 4. The van der Waals surface area contributed by atoms with E-state index in [1.165, 1.54) is 0 Å². The van der Waals surface area contributed by atoms with Crippen molar-refractivity contribution >= 4 is 5.65 Å². The summed E-state index contributed by atoms with van der Waals surface area (Å²) < 4.78 is 3.44. The molecule has 126 valence electrons. The molecule has 0 unspecified atom stereocenters. The van der Waals surface area contributed by atoms with Gasteiger partial charge in [0.05, 0.1) is 17.6 Å². The van der Waals surface area contributed by atoms with Crippen LogP contribution in [0, 0.1) is 12.8 Å². The third-order valence-corrected chi connectivity index (χ3v) is 4.03. The first-order valence-corrected chi connectivity index (χ1v) is 8.22. The largest absolute Gasteiger partial charge is 0.326 e. The molecule has 2 N–H and O–H groups in total. The Morgan fingerprint density at radius 3 is 2.75 bits per heavy atom. The van der Waals surface area contributed by atoms with Crippen LogP contribution in [0.15, 0.2) is 41.5 Å². The van der Waals surface area contributed by atoms with Crippen LogP contribution in [-0.4, -0.2) is 25.2 Å². The fourth-order valence-corrected chi connectivity index (χ4v) is 2.89. The minimum Gasteiger partial charge on any atom is -0.326 e. The minimum absolute atomic E-state index is 0.0170. The summed E-state index contributed by atoms with van der Waals surface area (Å²) in [5.74, 6) is 0.518. The molecule has 3 rings (SSSR count). The number of hydrogen-bond donors (Lipinski definition) is 1. The van der Waals surface area contributed by atoms with Crippen LogP contribution in [0.1, 0.15) is 26.0 Å². The number of rotatable bonds is 5. The molecule has 3 heterocycles. The molecule has 0 saturated heterocycles. The first-order chi connectivity index (χ1) is 11.4. The van der Waals surface area contributed by atoms with Gasteiger partial charge in [-0.2, -0.15) is 5.10 Å². The van der Waals surface area contributed by atoms with Gasteiger partial charge >= 0.3 is 0 Å². The molecule has 0 fully saturated rings. The molecular formula is C18H23N5O. The quantitative estimate of drug-likeness (QED) is 0.780. The van der Waals surface area contributed by atoms with Crippen LogP contribution in [0.5, 0.6) is 0 Å². The minimum atomic E-state index is -0.0593. The molecule has 6 heteroatoms. The number of pyridine rings is 1. The Hall–Kier alpha value is -2.47. The topological polar surface area (TPSA) is 78.2 Å². The molecule has 0 saturated carbocycles. The van der Waals surface area contributed by atoms with Gasteiger partial charge < -0.3 is 10.3 Å². The van der Waals surface area contributed by atoms with Crippen molar-refractivity contribution in [1.29, 1.82) is 0 Å². The summed E-state index contributed by atoms with van der Waals surface area (Å²) in [7, 11) is 0. The lowest BCUT2D eigenvalue weighted by atomic mass is 10.0. The second-order valence-corrected chi connectivity index (χ2v) is 6.68. The molecule has 0 spiro atoms. The highest BCUT2D eigenvalue weighted by Crippen LogP contribution is 2.16. The van der Waals surface area contributed by atoms with Crippen molar-refractivity contribution in [3.05, 3.63) is 52.7 Å². The molecule has 0 aromatic carbocycles. The summed E-state index contributed by atoms with van der Waals surface area (Å²) >= 11 is 0. The maximum absolute atomic E-state index is 12.4. The van der Waals surface area contributed by atoms with Gasteiger partial charge in [0.1, 0.15) is 0 Å². The molecular weight excluding hydrogens is 302 g/mol. The number of aryl methyl sites for hydroxylation is 1. The fraction of sp³-hybridized carbons (Fsp3) is 0.389. The van der Waals surface area contributed by atoms with Crippen molar-refractivity contribution in [2.75, 3.05) is 0 Å². The Morgan fingerprint density at radius 2 is 2.04 bits per heavy atom. The lowest BCUT2D eigenvalue weighted by Crippen LogP contribution is -2.32.